The minimum Gasteiger partial charge on any atom is -0.462 e. The van der Waals surface area contributed by atoms with E-state index in [1.54, 1.807) is 19.1 Å². The first kappa shape index (κ1) is 19.2. The van der Waals surface area contributed by atoms with E-state index in [-0.39, 0.29) is 5.97 Å². The zero-order chi connectivity index (χ0) is 20.2. The maximum Gasteiger partial charge on any atom is 0.338 e. The zero-order valence-corrected chi connectivity index (χ0v) is 17.3. The minimum absolute atomic E-state index is 0.335. The molecule has 0 amide bonds. The summed E-state index contributed by atoms with van der Waals surface area (Å²) in [5.41, 5.74) is 2.97. The van der Waals surface area contributed by atoms with Crippen LogP contribution in [-0.2, 0) is 4.74 Å². The van der Waals surface area contributed by atoms with Gasteiger partial charge in [-0.1, -0.05) is 46.3 Å². The SMILES string of the molecule is CCOC(=O)c1ccc(N=c2cc(-c3ccccc3)oc3ccc(Br)cc23)cc1. The van der Waals surface area contributed by atoms with Crippen LogP contribution in [0.4, 0.5) is 5.69 Å². The third kappa shape index (κ3) is 4.30. The maximum absolute atomic E-state index is 11.9. The molecule has 0 unspecified atom stereocenters. The summed E-state index contributed by atoms with van der Waals surface area (Å²) in [6, 6.07) is 24.8. The van der Waals surface area contributed by atoms with Gasteiger partial charge in [-0.15, -0.1) is 0 Å². The molecule has 4 nitrogen and oxygen atoms in total. The molecule has 5 heteroatoms. The van der Waals surface area contributed by atoms with Crippen LogP contribution >= 0.6 is 15.9 Å². The van der Waals surface area contributed by atoms with Crippen molar-refractivity contribution >= 4 is 38.6 Å². The number of hydrogen-bond acceptors (Lipinski definition) is 4. The Morgan fingerprint density at radius 1 is 1.00 bits per heavy atom. The molecule has 0 radical (unpaired) electrons. The number of carbonyl (C=O) groups excluding carboxylic acids is 1. The van der Waals surface area contributed by atoms with E-state index in [4.69, 9.17) is 14.1 Å². The molecule has 0 spiro atoms. The van der Waals surface area contributed by atoms with Crippen molar-refractivity contribution < 1.29 is 13.9 Å². The van der Waals surface area contributed by atoms with Crippen LogP contribution < -0.4 is 5.36 Å². The molecular formula is C24H18BrNO3. The van der Waals surface area contributed by atoms with Crippen molar-refractivity contribution in [2.24, 2.45) is 4.99 Å². The van der Waals surface area contributed by atoms with Gasteiger partial charge < -0.3 is 9.15 Å². The van der Waals surface area contributed by atoms with Crippen LogP contribution in [0.2, 0.25) is 0 Å². The van der Waals surface area contributed by atoms with Gasteiger partial charge in [-0.2, -0.15) is 0 Å². The topological polar surface area (TPSA) is 51.8 Å². The first-order valence-electron chi connectivity index (χ1n) is 9.25. The summed E-state index contributed by atoms with van der Waals surface area (Å²) >= 11 is 3.52. The van der Waals surface area contributed by atoms with Gasteiger partial charge in [-0.25, -0.2) is 9.79 Å². The van der Waals surface area contributed by atoms with E-state index in [0.717, 1.165) is 37.8 Å². The summed E-state index contributed by atoms with van der Waals surface area (Å²) in [5.74, 6) is 0.403. The van der Waals surface area contributed by atoms with E-state index >= 15 is 0 Å². The number of benzene rings is 3. The quantitative estimate of drug-likeness (QED) is 0.346. The second-order valence-electron chi connectivity index (χ2n) is 6.38. The molecule has 0 saturated heterocycles. The van der Waals surface area contributed by atoms with Gasteiger partial charge in [0.25, 0.3) is 0 Å². The first-order valence-corrected chi connectivity index (χ1v) is 10.0. The third-order valence-electron chi connectivity index (χ3n) is 4.39. The van der Waals surface area contributed by atoms with Gasteiger partial charge in [0.15, 0.2) is 0 Å². The standard InChI is InChI=1S/C24H18BrNO3/c1-2-28-24(27)17-8-11-19(12-9-17)26-21-15-23(16-6-4-3-5-7-16)29-22-13-10-18(25)14-20(21)22/h3-15H,2H2,1H3. The fourth-order valence-electron chi connectivity index (χ4n) is 3.00. The number of rotatable bonds is 4. The normalized spacial score (nSPS) is 11.6. The van der Waals surface area contributed by atoms with E-state index in [0.29, 0.717) is 12.2 Å². The molecule has 0 saturated carbocycles. The highest BCUT2D eigenvalue weighted by Crippen LogP contribution is 2.24. The van der Waals surface area contributed by atoms with Gasteiger partial charge >= 0.3 is 5.97 Å². The van der Waals surface area contributed by atoms with Crippen LogP contribution in [0.3, 0.4) is 0 Å². The highest BCUT2D eigenvalue weighted by atomic mass is 79.9. The fraction of sp³-hybridized carbons (Fsp3) is 0.0833. The smallest absolute Gasteiger partial charge is 0.338 e. The Balaban J connectivity index is 1.85. The Hall–Kier alpha value is -3.18. The first-order chi connectivity index (χ1) is 14.1. The molecule has 4 rings (SSSR count). The van der Waals surface area contributed by atoms with E-state index in [9.17, 15) is 4.79 Å². The lowest BCUT2D eigenvalue weighted by molar-refractivity contribution is 0.0526. The van der Waals surface area contributed by atoms with E-state index in [2.05, 4.69) is 15.9 Å². The number of hydrogen-bond donors (Lipinski definition) is 0. The molecule has 0 atom stereocenters. The van der Waals surface area contributed by atoms with Gasteiger partial charge in [-0.3, -0.25) is 0 Å². The molecule has 0 N–H and O–H groups in total. The predicted octanol–water partition coefficient (Wildman–Crippen LogP) is 6.27. The Labute approximate surface area is 176 Å². The van der Waals surface area contributed by atoms with Crippen molar-refractivity contribution in [3.8, 4) is 11.3 Å². The summed E-state index contributed by atoms with van der Waals surface area (Å²) in [7, 11) is 0. The number of ether oxygens (including phenoxy) is 1. The van der Waals surface area contributed by atoms with Crippen molar-refractivity contribution in [3.63, 3.8) is 0 Å². The number of nitrogens with zero attached hydrogens (tertiary/aromatic N) is 1. The van der Waals surface area contributed by atoms with Gasteiger partial charge in [0, 0.05) is 21.5 Å². The second-order valence-corrected chi connectivity index (χ2v) is 7.30. The molecule has 4 aromatic rings. The van der Waals surface area contributed by atoms with Crippen LogP contribution in [0.5, 0.6) is 0 Å². The monoisotopic (exact) mass is 447 g/mol. The predicted molar refractivity (Wildman–Crippen MR) is 117 cm³/mol. The average Bonchev–Trinajstić information content (AvgIpc) is 2.75. The average molecular weight is 448 g/mol. The lowest BCUT2D eigenvalue weighted by Crippen LogP contribution is -2.04. The molecule has 0 aliphatic rings. The Kier molecular flexibility index (Phi) is 5.58. The molecule has 1 aromatic heterocycles. The second kappa shape index (κ2) is 8.45. The molecule has 144 valence electrons. The third-order valence-corrected chi connectivity index (χ3v) is 4.88. The van der Waals surface area contributed by atoms with Gasteiger partial charge in [0.1, 0.15) is 11.3 Å². The van der Waals surface area contributed by atoms with Crippen LogP contribution in [-0.4, -0.2) is 12.6 Å². The van der Waals surface area contributed by atoms with Gasteiger partial charge in [-0.05, 0) is 49.4 Å². The zero-order valence-electron chi connectivity index (χ0n) is 15.8. The fourth-order valence-corrected chi connectivity index (χ4v) is 3.37. The summed E-state index contributed by atoms with van der Waals surface area (Å²) in [6.07, 6.45) is 0. The van der Waals surface area contributed by atoms with Crippen LogP contribution in [0.1, 0.15) is 17.3 Å². The molecule has 0 fully saturated rings. The molecule has 0 bridgehead atoms. The van der Waals surface area contributed by atoms with Gasteiger partial charge in [0.2, 0.25) is 0 Å². The van der Waals surface area contributed by atoms with Crippen molar-refractivity contribution in [3.05, 3.63) is 94.3 Å². The van der Waals surface area contributed by atoms with Gasteiger partial charge in [0.05, 0.1) is 23.2 Å². The Morgan fingerprint density at radius 2 is 1.76 bits per heavy atom. The minimum atomic E-state index is -0.335. The van der Waals surface area contributed by atoms with Crippen molar-refractivity contribution in [2.75, 3.05) is 6.61 Å². The largest absolute Gasteiger partial charge is 0.462 e. The number of halogens is 1. The van der Waals surface area contributed by atoms with Crippen LogP contribution in [0, 0.1) is 0 Å². The summed E-state index contributed by atoms with van der Waals surface area (Å²) in [4.78, 5) is 16.7. The lowest BCUT2D eigenvalue weighted by Gasteiger charge is -2.06. The molecule has 0 aliphatic heterocycles. The van der Waals surface area contributed by atoms with E-state index in [1.807, 2.05) is 66.7 Å². The summed E-state index contributed by atoms with van der Waals surface area (Å²) < 4.78 is 12.1. The summed E-state index contributed by atoms with van der Waals surface area (Å²) in [6.45, 7) is 2.14. The van der Waals surface area contributed by atoms with E-state index in [1.165, 1.54) is 0 Å². The lowest BCUT2D eigenvalue weighted by atomic mass is 10.1. The number of carbonyl (C=O) groups is 1. The Bertz CT molecular complexity index is 1230. The summed E-state index contributed by atoms with van der Waals surface area (Å²) in [5, 5.41) is 1.68. The molecular weight excluding hydrogens is 430 g/mol. The van der Waals surface area contributed by atoms with Crippen molar-refractivity contribution in [1.82, 2.24) is 0 Å². The van der Waals surface area contributed by atoms with E-state index < -0.39 is 0 Å². The number of esters is 1. The van der Waals surface area contributed by atoms with Crippen LogP contribution in [0.15, 0.2) is 92.7 Å². The van der Waals surface area contributed by atoms with Crippen molar-refractivity contribution in [1.29, 1.82) is 0 Å². The molecule has 0 aliphatic carbocycles. The Morgan fingerprint density at radius 3 is 2.48 bits per heavy atom. The molecule has 3 aromatic carbocycles. The highest BCUT2D eigenvalue weighted by molar-refractivity contribution is 9.10. The maximum atomic E-state index is 11.9. The van der Waals surface area contributed by atoms with Crippen molar-refractivity contribution in [2.45, 2.75) is 6.92 Å². The number of fused-ring (bicyclic) bond motifs is 1. The highest BCUT2D eigenvalue weighted by Gasteiger charge is 2.08. The molecule has 1 heterocycles. The molecule has 29 heavy (non-hydrogen) atoms. The van der Waals surface area contributed by atoms with Crippen LogP contribution in [0.25, 0.3) is 22.3 Å².